The van der Waals surface area contributed by atoms with E-state index < -0.39 is 6.10 Å². The van der Waals surface area contributed by atoms with Gasteiger partial charge >= 0.3 is 6.03 Å². The molecule has 1 aromatic carbocycles. The number of urea groups is 1. The van der Waals surface area contributed by atoms with Crippen molar-refractivity contribution in [3.8, 4) is 0 Å². The van der Waals surface area contributed by atoms with Crippen LogP contribution in [0.25, 0.3) is 0 Å². The zero-order chi connectivity index (χ0) is 16.8. The minimum absolute atomic E-state index is 0.150. The Morgan fingerprint density at radius 3 is 2.83 bits per heavy atom. The van der Waals surface area contributed by atoms with E-state index in [1.807, 2.05) is 29.0 Å². The van der Waals surface area contributed by atoms with Gasteiger partial charge in [0.05, 0.1) is 18.7 Å². The van der Waals surface area contributed by atoms with Crippen LogP contribution in [0, 0.1) is 0 Å². The third kappa shape index (κ3) is 4.35. The van der Waals surface area contributed by atoms with Gasteiger partial charge in [0, 0.05) is 18.9 Å². The third-order valence-electron chi connectivity index (χ3n) is 4.45. The molecule has 0 saturated heterocycles. The first kappa shape index (κ1) is 16.5. The van der Waals surface area contributed by atoms with E-state index in [1.54, 1.807) is 6.20 Å². The van der Waals surface area contributed by atoms with Crippen molar-refractivity contribution in [2.75, 3.05) is 0 Å². The van der Waals surface area contributed by atoms with Crippen LogP contribution in [0.2, 0.25) is 0 Å². The molecule has 6 nitrogen and oxygen atoms in total. The molecule has 2 amide bonds. The number of nitrogens with zero attached hydrogens (tertiary/aromatic N) is 2. The molecule has 0 bridgehead atoms. The number of imidazole rings is 1. The number of hydrogen-bond donors (Lipinski definition) is 3. The van der Waals surface area contributed by atoms with Crippen LogP contribution in [0.1, 0.15) is 37.1 Å². The Hall–Kier alpha value is -2.34. The lowest BCUT2D eigenvalue weighted by molar-refractivity contribution is 0.0943. The fourth-order valence-electron chi connectivity index (χ4n) is 3.09. The summed E-state index contributed by atoms with van der Waals surface area (Å²) in [6, 6.07) is 9.73. The zero-order valence-corrected chi connectivity index (χ0v) is 13.7. The summed E-state index contributed by atoms with van der Waals surface area (Å²) in [6.07, 6.45) is 6.87. The number of rotatable bonds is 5. The summed E-state index contributed by atoms with van der Waals surface area (Å²) >= 11 is 0. The molecule has 0 spiro atoms. The summed E-state index contributed by atoms with van der Waals surface area (Å²) in [5.41, 5.74) is 1.19. The van der Waals surface area contributed by atoms with Gasteiger partial charge in [-0.25, -0.2) is 9.78 Å². The van der Waals surface area contributed by atoms with E-state index in [0.29, 0.717) is 6.54 Å². The number of aliphatic hydroxyl groups excluding tert-OH is 1. The Bertz CT molecular complexity index is 656. The quantitative estimate of drug-likeness (QED) is 0.786. The standard InChI is InChI=1S/C18H24N4O2/c23-16-9-5-4-8-15(16)21-18(24)20-12-17-19-10-11-22(17)13-14-6-2-1-3-7-14/h1-3,6-7,10-11,15-16,23H,4-5,8-9,12-13H2,(H2,20,21,24)/t15-,16-/m0/s1. The van der Waals surface area contributed by atoms with Gasteiger partial charge in [-0.15, -0.1) is 0 Å². The van der Waals surface area contributed by atoms with Gasteiger partial charge in [0.25, 0.3) is 0 Å². The van der Waals surface area contributed by atoms with Crippen LogP contribution in [-0.4, -0.2) is 32.8 Å². The predicted octanol–water partition coefficient (Wildman–Crippen LogP) is 2.03. The van der Waals surface area contributed by atoms with Crippen molar-refractivity contribution in [3.05, 3.63) is 54.1 Å². The summed E-state index contributed by atoms with van der Waals surface area (Å²) in [5.74, 6) is 0.804. The predicted molar refractivity (Wildman–Crippen MR) is 91.4 cm³/mol. The maximum absolute atomic E-state index is 12.1. The van der Waals surface area contributed by atoms with Crippen molar-refractivity contribution in [3.63, 3.8) is 0 Å². The van der Waals surface area contributed by atoms with Gasteiger partial charge in [-0.05, 0) is 18.4 Å². The van der Waals surface area contributed by atoms with E-state index in [4.69, 9.17) is 0 Å². The average molecular weight is 328 g/mol. The van der Waals surface area contributed by atoms with E-state index in [9.17, 15) is 9.90 Å². The molecule has 6 heteroatoms. The van der Waals surface area contributed by atoms with Crippen molar-refractivity contribution in [1.82, 2.24) is 20.2 Å². The van der Waals surface area contributed by atoms with E-state index in [1.165, 1.54) is 5.56 Å². The zero-order valence-electron chi connectivity index (χ0n) is 13.7. The molecule has 1 saturated carbocycles. The Morgan fingerprint density at radius 1 is 1.25 bits per heavy atom. The highest BCUT2D eigenvalue weighted by molar-refractivity contribution is 5.74. The van der Waals surface area contributed by atoms with Crippen LogP contribution in [0.4, 0.5) is 4.79 Å². The summed E-state index contributed by atoms with van der Waals surface area (Å²) in [5, 5.41) is 15.6. The Balaban J connectivity index is 1.51. The highest BCUT2D eigenvalue weighted by atomic mass is 16.3. The minimum Gasteiger partial charge on any atom is -0.391 e. The lowest BCUT2D eigenvalue weighted by Crippen LogP contribution is -2.48. The Morgan fingerprint density at radius 2 is 2.04 bits per heavy atom. The molecule has 1 aliphatic carbocycles. The van der Waals surface area contributed by atoms with E-state index in [2.05, 4.69) is 27.8 Å². The van der Waals surface area contributed by atoms with Crippen LogP contribution in [0.15, 0.2) is 42.7 Å². The molecule has 3 rings (SSSR count). The smallest absolute Gasteiger partial charge is 0.315 e. The largest absolute Gasteiger partial charge is 0.391 e. The summed E-state index contributed by atoms with van der Waals surface area (Å²) in [4.78, 5) is 16.4. The van der Waals surface area contributed by atoms with Gasteiger partial charge < -0.3 is 20.3 Å². The van der Waals surface area contributed by atoms with Gasteiger partial charge in [0.2, 0.25) is 0 Å². The second kappa shape index (κ2) is 7.97. The summed E-state index contributed by atoms with van der Waals surface area (Å²) < 4.78 is 2.02. The first-order chi connectivity index (χ1) is 11.7. The monoisotopic (exact) mass is 328 g/mol. The molecule has 1 heterocycles. The molecule has 2 aromatic rings. The third-order valence-corrected chi connectivity index (χ3v) is 4.45. The van der Waals surface area contributed by atoms with Crippen LogP contribution in [0.3, 0.4) is 0 Å². The Kier molecular flexibility index (Phi) is 5.48. The second-order valence-corrected chi connectivity index (χ2v) is 6.24. The van der Waals surface area contributed by atoms with E-state index in [-0.39, 0.29) is 12.1 Å². The van der Waals surface area contributed by atoms with Gasteiger partial charge in [0.15, 0.2) is 0 Å². The van der Waals surface area contributed by atoms with Crippen molar-refractivity contribution in [2.45, 2.75) is 50.9 Å². The molecule has 1 aliphatic rings. The lowest BCUT2D eigenvalue weighted by Gasteiger charge is -2.28. The lowest BCUT2D eigenvalue weighted by atomic mass is 9.93. The molecule has 3 N–H and O–H groups in total. The highest BCUT2D eigenvalue weighted by Crippen LogP contribution is 2.18. The van der Waals surface area contributed by atoms with Gasteiger partial charge in [0.1, 0.15) is 5.82 Å². The maximum Gasteiger partial charge on any atom is 0.315 e. The molecular weight excluding hydrogens is 304 g/mol. The molecule has 1 aromatic heterocycles. The number of nitrogens with one attached hydrogen (secondary N) is 2. The minimum atomic E-state index is -0.440. The SMILES string of the molecule is O=C(NCc1nccn1Cc1ccccc1)N[C@H]1CCCC[C@@H]1O. The molecule has 128 valence electrons. The number of aromatic nitrogens is 2. The topological polar surface area (TPSA) is 79.2 Å². The van der Waals surface area contributed by atoms with Crippen molar-refractivity contribution >= 4 is 6.03 Å². The average Bonchev–Trinajstić information content (AvgIpc) is 3.03. The van der Waals surface area contributed by atoms with Crippen molar-refractivity contribution in [1.29, 1.82) is 0 Å². The fraction of sp³-hybridized carbons (Fsp3) is 0.444. The highest BCUT2D eigenvalue weighted by Gasteiger charge is 2.24. The molecule has 2 atom stereocenters. The van der Waals surface area contributed by atoms with E-state index >= 15 is 0 Å². The number of carbonyl (C=O) groups is 1. The molecule has 1 fully saturated rings. The molecule has 0 unspecified atom stereocenters. The normalized spacial score (nSPS) is 20.5. The second-order valence-electron chi connectivity index (χ2n) is 6.24. The van der Waals surface area contributed by atoms with Crippen LogP contribution < -0.4 is 10.6 Å². The number of amides is 2. The van der Waals surface area contributed by atoms with Crippen molar-refractivity contribution in [2.24, 2.45) is 0 Å². The van der Waals surface area contributed by atoms with Gasteiger partial charge in [-0.2, -0.15) is 0 Å². The van der Waals surface area contributed by atoms with E-state index in [0.717, 1.165) is 38.1 Å². The maximum atomic E-state index is 12.1. The number of aliphatic hydroxyl groups is 1. The molecule has 0 aliphatic heterocycles. The van der Waals surface area contributed by atoms with Crippen molar-refractivity contribution < 1.29 is 9.90 Å². The summed E-state index contributed by atoms with van der Waals surface area (Å²) in [7, 11) is 0. The number of hydrogen-bond acceptors (Lipinski definition) is 3. The first-order valence-corrected chi connectivity index (χ1v) is 8.49. The number of benzene rings is 1. The number of carbonyl (C=O) groups excluding carboxylic acids is 1. The Labute approximate surface area is 141 Å². The van der Waals surface area contributed by atoms with Crippen LogP contribution >= 0.6 is 0 Å². The van der Waals surface area contributed by atoms with Gasteiger partial charge in [-0.3, -0.25) is 0 Å². The molecular formula is C18H24N4O2. The summed E-state index contributed by atoms with van der Waals surface area (Å²) in [6.45, 7) is 1.08. The van der Waals surface area contributed by atoms with Crippen LogP contribution in [-0.2, 0) is 13.1 Å². The first-order valence-electron chi connectivity index (χ1n) is 8.49. The molecule has 24 heavy (non-hydrogen) atoms. The van der Waals surface area contributed by atoms with Crippen LogP contribution in [0.5, 0.6) is 0 Å². The fourth-order valence-corrected chi connectivity index (χ4v) is 3.09. The molecule has 0 radical (unpaired) electrons. The van der Waals surface area contributed by atoms with Gasteiger partial charge in [-0.1, -0.05) is 43.2 Å².